The summed E-state index contributed by atoms with van der Waals surface area (Å²) in [5.41, 5.74) is -0.300. The van der Waals surface area contributed by atoms with Gasteiger partial charge in [0.05, 0.1) is 24.9 Å². The first kappa shape index (κ1) is 32.6. The van der Waals surface area contributed by atoms with E-state index >= 15 is 8.78 Å². The number of nitrogens with one attached hydrogen (secondary N) is 1. The Morgan fingerprint density at radius 1 is 1.00 bits per heavy atom. The Bertz CT molecular complexity index is 1660. The number of aliphatic carboxylic acids is 1. The number of hydrogen-bond acceptors (Lipinski definition) is 7. The lowest BCUT2D eigenvalue weighted by Crippen LogP contribution is -2.70. The standard InChI is InChI=1S/C39H48F2N4O5/c1-36(40,41)32-29(33(46)44-39(34(47)48)25-14-23-13-24(16-25)17-26(39)15-23)19-42-35(43-32)45-20-38(9-3-2-4-10-38)30-18-28(5-6-31(30)45)50-27-7-11-37(12-8-27)21-49-22-37/h5-6,18-19,23-27H,2-4,7-17,20-22H2,1H3,(H,44,46)(H,47,48). The molecule has 7 fully saturated rings. The number of fused-ring (bicyclic) bond motifs is 2. The van der Waals surface area contributed by atoms with Crippen molar-refractivity contribution in [3.05, 3.63) is 41.2 Å². The summed E-state index contributed by atoms with van der Waals surface area (Å²) < 4.78 is 42.9. The number of carboxylic acids is 1. The minimum Gasteiger partial charge on any atom is -0.490 e. The number of aromatic nitrogens is 2. The number of hydrogen-bond donors (Lipinski definition) is 2. The minimum atomic E-state index is -3.46. The Morgan fingerprint density at radius 2 is 1.68 bits per heavy atom. The second-order valence-electron chi connectivity index (χ2n) is 17.2. The molecule has 11 heteroatoms. The maximum atomic E-state index is 15.4. The number of amides is 1. The van der Waals surface area contributed by atoms with E-state index in [1.165, 1.54) is 6.20 Å². The highest BCUT2D eigenvalue weighted by molar-refractivity contribution is 5.99. The summed E-state index contributed by atoms with van der Waals surface area (Å²) >= 11 is 0. The molecule has 3 heterocycles. The van der Waals surface area contributed by atoms with E-state index in [1.807, 2.05) is 17.0 Å². The normalized spacial score (nSPS) is 32.2. The van der Waals surface area contributed by atoms with Gasteiger partial charge in [-0.3, -0.25) is 4.79 Å². The van der Waals surface area contributed by atoms with Crippen LogP contribution in [-0.2, 0) is 20.9 Å². The van der Waals surface area contributed by atoms with Gasteiger partial charge in [0.1, 0.15) is 17.0 Å². The summed E-state index contributed by atoms with van der Waals surface area (Å²) in [6.45, 7) is 3.02. The van der Waals surface area contributed by atoms with Gasteiger partial charge in [-0.2, -0.15) is 8.78 Å². The largest absolute Gasteiger partial charge is 0.490 e. The van der Waals surface area contributed by atoms with Crippen LogP contribution in [0.2, 0.25) is 0 Å². The lowest BCUT2D eigenvalue weighted by Gasteiger charge is -2.59. The molecule has 1 aromatic heterocycles. The van der Waals surface area contributed by atoms with E-state index < -0.39 is 29.0 Å². The first-order chi connectivity index (χ1) is 24.0. The Hall–Kier alpha value is -3.34. The molecule has 50 heavy (non-hydrogen) atoms. The van der Waals surface area contributed by atoms with Gasteiger partial charge in [0.2, 0.25) is 5.95 Å². The van der Waals surface area contributed by atoms with Crippen molar-refractivity contribution in [2.75, 3.05) is 24.7 Å². The number of carboxylic acid groups (broad SMARTS) is 1. The molecular weight excluding hydrogens is 642 g/mol. The molecule has 0 atom stereocenters. The van der Waals surface area contributed by atoms with E-state index in [2.05, 4.69) is 21.4 Å². The van der Waals surface area contributed by atoms with Crippen molar-refractivity contribution in [1.82, 2.24) is 15.3 Å². The molecule has 9 nitrogen and oxygen atoms in total. The minimum absolute atomic E-state index is 0.123. The zero-order valence-electron chi connectivity index (χ0n) is 28.9. The highest BCUT2D eigenvalue weighted by Gasteiger charge is 2.62. The topological polar surface area (TPSA) is 114 Å². The number of ether oxygens (including phenoxy) is 2. The van der Waals surface area contributed by atoms with Crippen molar-refractivity contribution in [3.8, 4) is 5.75 Å². The summed E-state index contributed by atoms with van der Waals surface area (Å²) in [4.78, 5) is 37.8. The molecule has 4 bridgehead atoms. The van der Waals surface area contributed by atoms with Crippen LogP contribution in [0.3, 0.4) is 0 Å². The summed E-state index contributed by atoms with van der Waals surface area (Å²) in [5.74, 6) is -3.88. The second-order valence-corrected chi connectivity index (χ2v) is 17.2. The van der Waals surface area contributed by atoms with Crippen LogP contribution >= 0.6 is 0 Å². The predicted octanol–water partition coefficient (Wildman–Crippen LogP) is 7.29. The van der Waals surface area contributed by atoms with E-state index in [0.717, 1.165) is 127 Å². The van der Waals surface area contributed by atoms with Crippen LogP contribution in [0.4, 0.5) is 20.4 Å². The molecule has 2 N–H and O–H groups in total. The molecule has 1 saturated heterocycles. The third-order valence-corrected chi connectivity index (χ3v) is 14.0. The van der Waals surface area contributed by atoms with E-state index in [1.54, 1.807) is 0 Å². The van der Waals surface area contributed by atoms with Gasteiger partial charge >= 0.3 is 5.97 Å². The van der Waals surface area contributed by atoms with Crippen LogP contribution in [0.15, 0.2) is 24.4 Å². The highest BCUT2D eigenvalue weighted by Crippen LogP contribution is 2.59. The Kier molecular flexibility index (Phi) is 7.54. The molecule has 0 unspecified atom stereocenters. The number of benzene rings is 1. The molecule has 0 radical (unpaired) electrons. The van der Waals surface area contributed by atoms with Gasteiger partial charge in [0, 0.05) is 36.2 Å². The monoisotopic (exact) mass is 690 g/mol. The van der Waals surface area contributed by atoms with Crippen LogP contribution in [0.1, 0.15) is 118 Å². The fourth-order valence-electron chi connectivity index (χ4n) is 11.5. The fraction of sp³-hybridized carbons (Fsp3) is 0.692. The van der Waals surface area contributed by atoms with E-state index in [4.69, 9.17) is 9.47 Å². The second kappa shape index (κ2) is 11.6. The predicted molar refractivity (Wildman–Crippen MR) is 181 cm³/mol. The Morgan fingerprint density at radius 3 is 2.28 bits per heavy atom. The SMILES string of the molecule is CC(F)(F)c1nc(N2CC3(CCCCC3)c3cc(OC4CCC5(CC4)COC5)ccc32)ncc1C(=O)NC1(C(=O)O)C2CC3CC(C2)CC1C3. The van der Waals surface area contributed by atoms with Gasteiger partial charge in [-0.1, -0.05) is 19.3 Å². The lowest BCUT2D eigenvalue weighted by atomic mass is 9.48. The van der Waals surface area contributed by atoms with Crippen molar-refractivity contribution < 1.29 is 33.0 Å². The first-order valence-corrected chi connectivity index (χ1v) is 18.9. The van der Waals surface area contributed by atoms with Crippen LogP contribution < -0.4 is 15.0 Å². The van der Waals surface area contributed by atoms with Gasteiger partial charge in [0.25, 0.3) is 11.8 Å². The Labute approximate surface area is 291 Å². The Balaban J connectivity index is 1.01. The van der Waals surface area contributed by atoms with Crippen molar-refractivity contribution >= 4 is 23.5 Å². The van der Waals surface area contributed by atoms with Gasteiger partial charge in [-0.05, 0) is 118 Å². The first-order valence-electron chi connectivity index (χ1n) is 18.9. The van der Waals surface area contributed by atoms with Crippen LogP contribution in [0, 0.1) is 29.1 Å². The van der Waals surface area contributed by atoms with E-state index in [0.29, 0.717) is 23.8 Å². The van der Waals surface area contributed by atoms with Crippen molar-refractivity contribution in [2.24, 2.45) is 29.1 Å². The van der Waals surface area contributed by atoms with Crippen LogP contribution in [0.5, 0.6) is 5.75 Å². The van der Waals surface area contributed by atoms with Crippen molar-refractivity contribution in [1.29, 1.82) is 0 Å². The summed E-state index contributed by atoms with van der Waals surface area (Å²) in [6, 6.07) is 6.14. The molecule has 268 valence electrons. The van der Waals surface area contributed by atoms with E-state index in [-0.39, 0.29) is 34.9 Å². The zero-order chi connectivity index (χ0) is 34.5. The quantitative estimate of drug-likeness (QED) is 0.312. The van der Waals surface area contributed by atoms with Crippen molar-refractivity contribution in [2.45, 2.75) is 120 Å². The third kappa shape index (κ3) is 5.14. The number of carbonyl (C=O) groups is 2. The number of halogens is 2. The number of nitrogens with zero attached hydrogens (tertiary/aromatic N) is 3. The molecule has 1 amide bonds. The van der Waals surface area contributed by atoms with Crippen LogP contribution in [-0.4, -0.2) is 58.4 Å². The molecule has 8 aliphatic rings. The number of alkyl halides is 2. The highest BCUT2D eigenvalue weighted by atomic mass is 19.3. The van der Waals surface area contributed by atoms with Gasteiger partial charge in [0.15, 0.2) is 0 Å². The van der Waals surface area contributed by atoms with Gasteiger partial charge < -0.3 is 24.8 Å². The molecule has 1 aromatic carbocycles. The van der Waals surface area contributed by atoms with Crippen LogP contribution in [0.25, 0.3) is 0 Å². The summed E-state index contributed by atoms with van der Waals surface area (Å²) in [5, 5.41) is 13.4. The maximum absolute atomic E-state index is 15.4. The number of anilines is 2. The summed E-state index contributed by atoms with van der Waals surface area (Å²) in [6.07, 6.45) is 15.0. The summed E-state index contributed by atoms with van der Waals surface area (Å²) in [7, 11) is 0. The molecule has 2 aromatic rings. The van der Waals surface area contributed by atoms with E-state index in [9.17, 15) is 14.7 Å². The molecular formula is C39H48F2N4O5. The smallest absolute Gasteiger partial charge is 0.330 e. The zero-order valence-corrected chi connectivity index (χ0v) is 28.9. The lowest BCUT2D eigenvalue weighted by molar-refractivity contribution is -0.163. The molecule has 2 spiro atoms. The van der Waals surface area contributed by atoms with Crippen molar-refractivity contribution in [3.63, 3.8) is 0 Å². The average Bonchev–Trinajstić information content (AvgIpc) is 3.37. The average molecular weight is 691 g/mol. The van der Waals surface area contributed by atoms with Gasteiger partial charge in [-0.15, -0.1) is 0 Å². The molecule has 10 rings (SSSR count). The third-order valence-electron chi connectivity index (χ3n) is 14.0. The molecule has 6 aliphatic carbocycles. The number of carbonyl (C=O) groups excluding carboxylic acids is 1. The van der Waals surface area contributed by atoms with Gasteiger partial charge in [-0.25, -0.2) is 14.8 Å². The maximum Gasteiger partial charge on any atom is 0.330 e. The molecule has 6 saturated carbocycles. The number of rotatable bonds is 7. The molecule has 2 aliphatic heterocycles. The fourth-order valence-corrected chi connectivity index (χ4v) is 11.5.